The van der Waals surface area contributed by atoms with Crippen LogP contribution in [0.25, 0.3) is 11.4 Å². The molecule has 176 valence electrons. The number of anilines is 1. The molecule has 4 rings (SSSR count). The lowest BCUT2D eigenvalue weighted by Crippen LogP contribution is -2.29. The largest absolute Gasteiger partial charge is 0.493 e. The fraction of sp³-hybridized carbons (Fsp3) is 0.261. The number of methoxy groups -OCH3 is 2. The van der Waals surface area contributed by atoms with Gasteiger partial charge in [-0.2, -0.15) is 4.98 Å². The van der Waals surface area contributed by atoms with Crippen LogP contribution in [-0.2, 0) is 9.53 Å². The number of nitro groups is 1. The van der Waals surface area contributed by atoms with Crippen molar-refractivity contribution >= 4 is 17.6 Å². The molecule has 0 amide bonds. The highest BCUT2D eigenvalue weighted by Gasteiger charge is 2.36. The molecule has 3 aromatic rings. The molecule has 2 heterocycles. The van der Waals surface area contributed by atoms with Gasteiger partial charge < -0.3 is 19.5 Å². The molecular weight excluding hydrogens is 442 g/mol. The van der Waals surface area contributed by atoms with Gasteiger partial charge in [0.15, 0.2) is 17.3 Å². The van der Waals surface area contributed by atoms with E-state index in [0.717, 1.165) is 0 Å². The summed E-state index contributed by atoms with van der Waals surface area (Å²) in [5, 5.41) is 18.9. The minimum atomic E-state index is -0.685. The number of non-ortho nitro benzene ring substituents is 1. The van der Waals surface area contributed by atoms with Gasteiger partial charge in [0.2, 0.25) is 5.95 Å². The Hall–Kier alpha value is -4.41. The van der Waals surface area contributed by atoms with E-state index in [4.69, 9.17) is 14.2 Å². The van der Waals surface area contributed by atoms with Crippen LogP contribution in [0.4, 0.5) is 11.6 Å². The Balaban J connectivity index is 1.88. The number of carbonyl (C=O) groups excluding carboxylic acids is 1. The van der Waals surface area contributed by atoms with Gasteiger partial charge in [0.1, 0.15) is 6.04 Å². The summed E-state index contributed by atoms with van der Waals surface area (Å²) in [6, 6.07) is 10.7. The smallest absolute Gasteiger partial charge is 0.338 e. The van der Waals surface area contributed by atoms with Crippen molar-refractivity contribution in [3.63, 3.8) is 0 Å². The number of nitrogens with zero attached hydrogens (tertiary/aromatic N) is 4. The molecule has 0 fully saturated rings. The fourth-order valence-electron chi connectivity index (χ4n) is 3.84. The third kappa shape index (κ3) is 4.03. The second-order valence-corrected chi connectivity index (χ2v) is 7.41. The van der Waals surface area contributed by atoms with Crippen LogP contribution >= 0.6 is 0 Å². The van der Waals surface area contributed by atoms with E-state index in [-0.39, 0.29) is 18.1 Å². The average molecular weight is 465 g/mol. The van der Waals surface area contributed by atoms with Crippen molar-refractivity contribution in [2.75, 3.05) is 26.1 Å². The number of nitro benzene ring substituents is 1. The first-order chi connectivity index (χ1) is 16.4. The summed E-state index contributed by atoms with van der Waals surface area (Å²) in [5.74, 6) is 1.18. The third-order valence-corrected chi connectivity index (χ3v) is 5.39. The number of nitrogens with one attached hydrogen (secondary N) is 1. The van der Waals surface area contributed by atoms with E-state index in [1.165, 1.54) is 26.4 Å². The highest BCUT2D eigenvalue weighted by Crippen LogP contribution is 2.40. The van der Waals surface area contributed by atoms with Gasteiger partial charge in [-0.15, -0.1) is 5.10 Å². The number of fused-ring (bicyclic) bond motifs is 1. The van der Waals surface area contributed by atoms with Gasteiger partial charge in [0, 0.05) is 23.4 Å². The predicted molar refractivity (Wildman–Crippen MR) is 123 cm³/mol. The zero-order valence-electron chi connectivity index (χ0n) is 19.1. The van der Waals surface area contributed by atoms with Crippen molar-refractivity contribution in [1.29, 1.82) is 0 Å². The summed E-state index contributed by atoms with van der Waals surface area (Å²) in [5.41, 5.74) is 2.01. The standard InChI is InChI=1S/C23H23N5O6/c1-5-34-22(29)19-13(2)24-23-25-21(15-7-6-8-16(11-15)28(30)31)26-27(23)20(19)14-9-10-17(32-3)18(12-14)33-4/h6-12,20H,5H2,1-4H3,(H,24,25,26). The number of aromatic nitrogens is 3. The van der Waals surface area contributed by atoms with E-state index in [1.54, 1.807) is 42.8 Å². The molecule has 1 aliphatic rings. The maximum absolute atomic E-state index is 13.0. The Bertz CT molecular complexity index is 1300. The molecule has 1 unspecified atom stereocenters. The summed E-state index contributed by atoms with van der Waals surface area (Å²) in [7, 11) is 3.07. The molecule has 34 heavy (non-hydrogen) atoms. The lowest BCUT2D eigenvalue weighted by molar-refractivity contribution is -0.384. The summed E-state index contributed by atoms with van der Waals surface area (Å²) in [6.07, 6.45) is 0. The molecule has 11 heteroatoms. The molecule has 0 aliphatic carbocycles. The van der Waals surface area contributed by atoms with Gasteiger partial charge in [-0.25, -0.2) is 9.48 Å². The number of hydrogen-bond acceptors (Lipinski definition) is 9. The van der Waals surface area contributed by atoms with E-state index in [2.05, 4.69) is 15.4 Å². The first-order valence-electron chi connectivity index (χ1n) is 10.5. The number of carbonyl (C=O) groups is 1. The molecule has 1 aromatic heterocycles. The number of esters is 1. The molecule has 1 aliphatic heterocycles. The Morgan fingerprint density at radius 1 is 1.18 bits per heavy atom. The minimum Gasteiger partial charge on any atom is -0.493 e. The maximum Gasteiger partial charge on any atom is 0.338 e. The van der Waals surface area contributed by atoms with Crippen LogP contribution < -0.4 is 14.8 Å². The van der Waals surface area contributed by atoms with Gasteiger partial charge in [0.05, 0.1) is 31.3 Å². The van der Waals surface area contributed by atoms with Crippen molar-refractivity contribution in [1.82, 2.24) is 14.8 Å². The molecule has 0 spiro atoms. The van der Waals surface area contributed by atoms with Crippen LogP contribution in [-0.4, -0.2) is 46.5 Å². The van der Waals surface area contributed by atoms with Crippen molar-refractivity contribution in [3.8, 4) is 22.9 Å². The van der Waals surface area contributed by atoms with E-state index < -0.39 is 16.9 Å². The molecule has 0 saturated carbocycles. The monoisotopic (exact) mass is 465 g/mol. The molecule has 0 saturated heterocycles. The van der Waals surface area contributed by atoms with Crippen LogP contribution in [0.1, 0.15) is 25.5 Å². The van der Waals surface area contributed by atoms with Gasteiger partial charge in [0.25, 0.3) is 5.69 Å². The SMILES string of the molecule is CCOC(=O)C1=C(C)Nc2nc(-c3cccc([N+](=O)[O-])c3)nn2C1c1ccc(OC)c(OC)c1. The number of benzene rings is 2. The lowest BCUT2D eigenvalue weighted by atomic mass is 9.95. The highest BCUT2D eigenvalue weighted by molar-refractivity contribution is 5.92. The second-order valence-electron chi connectivity index (χ2n) is 7.41. The molecule has 1 N–H and O–H groups in total. The summed E-state index contributed by atoms with van der Waals surface area (Å²) >= 11 is 0. The van der Waals surface area contributed by atoms with E-state index >= 15 is 0 Å². The Kier molecular flexibility index (Phi) is 6.17. The van der Waals surface area contributed by atoms with Crippen LogP contribution in [0.2, 0.25) is 0 Å². The van der Waals surface area contributed by atoms with Crippen molar-refractivity contribution in [2.24, 2.45) is 0 Å². The predicted octanol–water partition coefficient (Wildman–Crippen LogP) is 3.72. The van der Waals surface area contributed by atoms with E-state index in [1.807, 2.05) is 6.07 Å². The van der Waals surface area contributed by atoms with Crippen LogP contribution in [0.5, 0.6) is 11.5 Å². The number of ether oxygens (including phenoxy) is 3. The maximum atomic E-state index is 13.0. The molecular formula is C23H23N5O6. The lowest BCUT2D eigenvalue weighted by Gasteiger charge is -2.28. The van der Waals surface area contributed by atoms with Crippen LogP contribution in [0, 0.1) is 10.1 Å². The first kappa shape index (κ1) is 22.8. The van der Waals surface area contributed by atoms with Crippen LogP contribution in [0.3, 0.4) is 0 Å². The number of rotatable bonds is 7. The molecule has 2 aromatic carbocycles. The minimum absolute atomic E-state index is 0.0730. The third-order valence-electron chi connectivity index (χ3n) is 5.39. The highest BCUT2D eigenvalue weighted by atomic mass is 16.6. The molecule has 11 nitrogen and oxygen atoms in total. The van der Waals surface area contributed by atoms with Gasteiger partial charge in [-0.1, -0.05) is 18.2 Å². The number of hydrogen-bond donors (Lipinski definition) is 1. The Labute approximate surface area is 195 Å². The summed E-state index contributed by atoms with van der Waals surface area (Å²) < 4.78 is 17.7. The quantitative estimate of drug-likeness (QED) is 0.315. The molecule has 1 atom stereocenters. The molecule has 0 radical (unpaired) electrons. The van der Waals surface area contributed by atoms with Crippen molar-refractivity contribution in [2.45, 2.75) is 19.9 Å². The second kappa shape index (κ2) is 9.22. The summed E-state index contributed by atoms with van der Waals surface area (Å²) in [4.78, 5) is 28.2. The molecule has 0 bridgehead atoms. The fourth-order valence-corrected chi connectivity index (χ4v) is 3.84. The average Bonchev–Trinajstić information content (AvgIpc) is 3.26. The summed E-state index contributed by atoms with van der Waals surface area (Å²) in [6.45, 7) is 3.69. The van der Waals surface area contributed by atoms with E-state index in [0.29, 0.717) is 39.8 Å². The normalized spacial score (nSPS) is 14.8. The van der Waals surface area contributed by atoms with E-state index in [9.17, 15) is 14.9 Å². The number of allylic oxidation sites excluding steroid dienone is 1. The zero-order chi connectivity index (χ0) is 24.4. The van der Waals surface area contributed by atoms with Crippen LogP contribution in [0.15, 0.2) is 53.7 Å². The zero-order valence-corrected chi connectivity index (χ0v) is 19.1. The first-order valence-corrected chi connectivity index (χ1v) is 10.5. The van der Waals surface area contributed by atoms with Crippen molar-refractivity contribution < 1.29 is 23.9 Å². The van der Waals surface area contributed by atoms with Gasteiger partial charge in [-0.3, -0.25) is 10.1 Å². The Morgan fingerprint density at radius 2 is 1.94 bits per heavy atom. The van der Waals surface area contributed by atoms with Gasteiger partial charge >= 0.3 is 5.97 Å². The van der Waals surface area contributed by atoms with Crippen molar-refractivity contribution in [3.05, 3.63) is 69.4 Å². The Morgan fingerprint density at radius 3 is 2.62 bits per heavy atom. The van der Waals surface area contributed by atoms with Gasteiger partial charge in [-0.05, 0) is 31.5 Å². The topological polar surface area (TPSA) is 131 Å².